The highest BCUT2D eigenvalue weighted by atomic mass is 32.2. The van der Waals surface area contributed by atoms with Crippen molar-refractivity contribution in [1.82, 2.24) is 10.1 Å². The molecule has 16 heteroatoms. The fourth-order valence-corrected chi connectivity index (χ4v) is 9.24. The van der Waals surface area contributed by atoms with Crippen LogP contribution in [-0.2, 0) is 0 Å². The van der Waals surface area contributed by atoms with Gasteiger partial charge in [0.05, 0.1) is 70.4 Å². The van der Waals surface area contributed by atoms with Gasteiger partial charge in [-0.15, -0.1) is 23.5 Å². The molecule has 1 fully saturated rings. The number of thioether (sulfide) groups is 2. The van der Waals surface area contributed by atoms with Gasteiger partial charge in [-0.3, -0.25) is 14.9 Å². The van der Waals surface area contributed by atoms with Crippen LogP contribution in [0.5, 0.6) is 40.2 Å². The number of methoxy groups -OCH3 is 5. The summed E-state index contributed by atoms with van der Waals surface area (Å²) in [6, 6.07) is 13.4. The largest absolute Gasteiger partial charge is 0.493 e. The molecular weight excluding hydrogens is 751 g/mol. The van der Waals surface area contributed by atoms with Gasteiger partial charge >= 0.3 is 0 Å². The van der Waals surface area contributed by atoms with Crippen molar-refractivity contribution in [3.8, 4) is 62.8 Å². The molecule has 4 aromatic rings. The number of nitro groups is 1. The molecule has 55 heavy (non-hydrogen) atoms. The molecule has 296 valence electrons. The quantitative estimate of drug-likeness (QED) is 0.0365. The smallest absolute Gasteiger partial charge is 0.286 e. The van der Waals surface area contributed by atoms with Gasteiger partial charge in [0.15, 0.2) is 40.3 Å². The maximum atomic E-state index is 13.9. The van der Waals surface area contributed by atoms with Crippen LogP contribution in [0.25, 0.3) is 22.6 Å². The molecule has 0 N–H and O–H groups in total. The number of benzene rings is 3. The molecule has 0 unspecified atom stereocenters. The monoisotopic (exact) mass is 797 g/mol. The van der Waals surface area contributed by atoms with Crippen LogP contribution in [0.1, 0.15) is 43.5 Å². The highest BCUT2D eigenvalue weighted by molar-refractivity contribution is 8.17. The topological polar surface area (TPSA) is 154 Å². The number of amides is 1. The van der Waals surface area contributed by atoms with Gasteiger partial charge < -0.3 is 42.6 Å². The zero-order chi connectivity index (χ0) is 39.5. The predicted molar refractivity (Wildman–Crippen MR) is 213 cm³/mol. The highest BCUT2D eigenvalue weighted by Crippen LogP contribution is 2.43. The molecule has 3 aromatic carbocycles. The van der Waals surface area contributed by atoms with Gasteiger partial charge in [-0.05, 0) is 54.7 Å². The van der Waals surface area contributed by atoms with Gasteiger partial charge in [-0.1, -0.05) is 19.0 Å². The van der Waals surface area contributed by atoms with E-state index in [1.54, 1.807) is 56.6 Å². The third-order valence-electron chi connectivity index (χ3n) is 8.97. The molecular formula is C39H47N3O11S2. The Labute approximate surface area is 329 Å². The van der Waals surface area contributed by atoms with Gasteiger partial charge in [-0.2, -0.15) is 0 Å². The Hall–Kier alpha value is -4.96. The van der Waals surface area contributed by atoms with E-state index in [0.29, 0.717) is 58.7 Å². The third kappa shape index (κ3) is 9.47. The van der Waals surface area contributed by atoms with E-state index < -0.39 is 4.92 Å². The second-order valence-electron chi connectivity index (χ2n) is 12.2. The molecule has 0 bridgehead atoms. The summed E-state index contributed by atoms with van der Waals surface area (Å²) in [6.45, 7) is 5.14. The van der Waals surface area contributed by atoms with Crippen LogP contribution >= 0.6 is 23.5 Å². The number of aromatic nitrogens is 1. The SMILES string of the molecule is CCSC(SCC)[C@@H]1CCCN1C(=O)c1cc(OC)c(OCCCOc2cc(-c3cc(-c4cc(OC)c(OC)c(OC)c4)on3)ccc2OC)cc1[N+](=O)[O-]. The van der Waals surface area contributed by atoms with Gasteiger partial charge in [0.1, 0.15) is 11.3 Å². The van der Waals surface area contributed by atoms with Crippen LogP contribution in [0.3, 0.4) is 0 Å². The molecule has 0 aliphatic carbocycles. The Morgan fingerprint density at radius 2 is 1.45 bits per heavy atom. The molecule has 0 radical (unpaired) electrons. The van der Waals surface area contributed by atoms with Crippen LogP contribution in [0.2, 0.25) is 0 Å². The van der Waals surface area contributed by atoms with Crippen molar-refractivity contribution in [1.29, 1.82) is 0 Å². The van der Waals surface area contributed by atoms with E-state index in [9.17, 15) is 14.9 Å². The minimum atomic E-state index is -0.547. The Balaban J connectivity index is 1.26. The second-order valence-corrected chi connectivity index (χ2v) is 15.3. The van der Waals surface area contributed by atoms with Crippen molar-refractivity contribution in [2.24, 2.45) is 0 Å². The first-order valence-corrected chi connectivity index (χ1v) is 19.9. The number of nitro benzene ring substituents is 1. The summed E-state index contributed by atoms with van der Waals surface area (Å²) in [6.07, 6.45) is 2.13. The number of nitrogens with zero attached hydrogens (tertiary/aromatic N) is 3. The maximum absolute atomic E-state index is 13.9. The first kappa shape index (κ1) is 41.2. The van der Waals surface area contributed by atoms with E-state index in [1.165, 1.54) is 26.4 Å². The van der Waals surface area contributed by atoms with E-state index in [1.807, 2.05) is 29.6 Å². The van der Waals surface area contributed by atoms with Crippen LogP contribution in [0.15, 0.2) is 53.1 Å². The lowest BCUT2D eigenvalue weighted by Crippen LogP contribution is -2.41. The maximum Gasteiger partial charge on any atom is 0.286 e. The van der Waals surface area contributed by atoms with E-state index >= 15 is 0 Å². The van der Waals surface area contributed by atoms with E-state index in [2.05, 4.69) is 19.0 Å². The Kier molecular flexibility index (Phi) is 14.7. The van der Waals surface area contributed by atoms with Gasteiger partial charge in [0.25, 0.3) is 11.6 Å². The number of rotatable bonds is 20. The van der Waals surface area contributed by atoms with Gasteiger partial charge in [0, 0.05) is 36.2 Å². The van der Waals surface area contributed by atoms with Crippen molar-refractivity contribution < 1.29 is 47.4 Å². The number of hydrogen-bond donors (Lipinski definition) is 0. The summed E-state index contributed by atoms with van der Waals surface area (Å²) >= 11 is 3.62. The van der Waals surface area contributed by atoms with Crippen molar-refractivity contribution in [2.45, 2.75) is 43.7 Å². The molecule has 1 amide bonds. The number of carbonyl (C=O) groups is 1. The highest BCUT2D eigenvalue weighted by Gasteiger charge is 2.38. The van der Waals surface area contributed by atoms with E-state index in [0.717, 1.165) is 29.9 Å². The first-order valence-electron chi connectivity index (χ1n) is 17.8. The predicted octanol–water partition coefficient (Wildman–Crippen LogP) is 8.24. The lowest BCUT2D eigenvalue weighted by molar-refractivity contribution is -0.385. The Morgan fingerprint density at radius 3 is 2.04 bits per heavy atom. The van der Waals surface area contributed by atoms with E-state index in [4.69, 9.17) is 37.7 Å². The summed E-state index contributed by atoms with van der Waals surface area (Å²) in [5.74, 6) is 4.79. The number of ether oxygens (including phenoxy) is 7. The lowest BCUT2D eigenvalue weighted by atomic mass is 10.1. The Morgan fingerprint density at radius 1 is 0.836 bits per heavy atom. The molecule has 1 atom stereocenters. The molecule has 14 nitrogen and oxygen atoms in total. The van der Waals surface area contributed by atoms with Gasteiger partial charge in [-0.25, -0.2) is 0 Å². The molecule has 2 heterocycles. The molecule has 0 spiro atoms. The summed E-state index contributed by atoms with van der Waals surface area (Å²) in [5.41, 5.74) is 1.64. The molecule has 1 aromatic heterocycles. The van der Waals surface area contributed by atoms with Gasteiger partial charge in [0.2, 0.25) is 5.75 Å². The van der Waals surface area contributed by atoms with Crippen LogP contribution in [0, 0.1) is 10.1 Å². The lowest BCUT2D eigenvalue weighted by Gasteiger charge is -2.31. The fourth-order valence-electron chi connectivity index (χ4n) is 6.37. The average Bonchev–Trinajstić information content (AvgIpc) is 3.91. The molecule has 1 aliphatic heterocycles. The van der Waals surface area contributed by atoms with Crippen molar-refractivity contribution in [3.63, 3.8) is 0 Å². The average molecular weight is 798 g/mol. The molecule has 0 saturated carbocycles. The standard InChI is InChI=1S/C39H47N3O11S2/c1-8-54-39(55-9-2)28-12-10-15-41(28)38(43)26-21-32(47-4)34(23-29(26)42(44)45)52-17-11-16-51-33-18-24(13-14-30(33)46-3)27-22-31(53-40-27)25-19-35(48-5)37(50-7)36(20-25)49-6/h13-14,18-23,28,39H,8-12,15-17H2,1-7H3/t28-/m0/s1. The minimum Gasteiger partial charge on any atom is -0.493 e. The molecule has 5 rings (SSSR count). The minimum absolute atomic E-state index is 0.00901. The Bertz CT molecular complexity index is 1910. The van der Waals surface area contributed by atoms with Crippen molar-refractivity contribution in [2.75, 3.05) is 66.8 Å². The van der Waals surface area contributed by atoms with Crippen LogP contribution in [0.4, 0.5) is 5.69 Å². The normalized spacial score (nSPS) is 13.8. The zero-order valence-corrected chi connectivity index (χ0v) is 33.7. The molecule has 1 saturated heterocycles. The summed E-state index contributed by atoms with van der Waals surface area (Å²) < 4.78 is 45.4. The second kappa shape index (κ2) is 19.6. The first-order chi connectivity index (χ1) is 26.7. The van der Waals surface area contributed by atoms with Crippen molar-refractivity contribution >= 4 is 35.1 Å². The summed E-state index contributed by atoms with van der Waals surface area (Å²) in [7, 11) is 7.61. The molecule has 1 aliphatic rings. The summed E-state index contributed by atoms with van der Waals surface area (Å²) in [4.78, 5) is 27.4. The van der Waals surface area contributed by atoms with Crippen LogP contribution in [-0.4, -0.2) is 98.3 Å². The summed E-state index contributed by atoms with van der Waals surface area (Å²) in [5, 5.41) is 16.5. The number of hydrogen-bond acceptors (Lipinski definition) is 14. The zero-order valence-electron chi connectivity index (χ0n) is 32.1. The third-order valence-corrected chi connectivity index (χ3v) is 11.7. The van der Waals surface area contributed by atoms with E-state index in [-0.39, 0.29) is 52.5 Å². The van der Waals surface area contributed by atoms with Crippen LogP contribution < -0.4 is 33.2 Å². The van der Waals surface area contributed by atoms with Crippen molar-refractivity contribution in [3.05, 3.63) is 64.2 Å². The fraction of sp³-hybridized carbons (Fsp3) is 0.436. The number of likely N-dealkylation sites (tertiary alicyclic amines) is 1. The number of carbonyl (C=O) groups excluding carboxylic acids is 1.